The van der Waals surface area contributed by atoms with Crippen molar-refractivity contribution in [1.29, 1.82) is 0 Å². The molecule has 0 bridgehead atoms. The van der Waals surface area contributed by atoms with Crippen LogP contribution in [0.2, 0.25) is 5.02 Å². The van der Waals surface area contributed by atoms with E-state index in [9.17, 15) is 9.90 Å². The number of hydrogen-bond donors (Lipinski definition) is 2. The smallest absolute Gasteiger partial charge is 0.255 e. The second-order valence-corrected chi connectivity index (χ2v) is 5.55. The van der Waals surface area contributed by atoms with E-state index < -0.39 is 0 Å². The van der Waals surface area contributed by atoms with Gasteiger partial charge in [0.2, 0.25) is 0 Å². The number of nitrogens with one attached hydrogen (secondary N) is 1. The fourth-order valence-corrected chi connectivity index (χ4v) is 2.61. The summed E-state index contributed by atoms with van der Waals surface area (Å²) in [5.74, 6) is 0.356. The Morgan fingerprint density at radius 2 is 2.21 bits per heavy atom. The van der Waals surface area contributed by atoms with E-state index >= 15 is 0 Å². The lowest BCUT2D eigenvalue weighted by molar-refractivity contribution is 0.0265. The Morgan fingerprint density at radius 1 is 1.53 bits per heavy atom. The van der Waals surface area contributed by atoms with Gasteiger partial charge in [0.25, 0.3) is 5.91 Å². The van der Waals surface area contributed by atoms with Crippen LogP contribution in [0.15, 0.2) is 18.2 Å². The number of halogens is 1. The van der Waals surface area contributed by atoms with E-state index in [0.717, 1.165) is 18.5 Å². The summed E-state index contributed by atoms with van der Waals surface area (Å²) in [4.78, 5) is 14.1. The van der Waals surface area contributed by atoms with Gasteiger partial charge in [0.15, 0.2) is 0 Å². The zero-order valence-electron chi connectivity index (χ0n) is 11.2. The van der Waals surface area contributed by atoms with Crippen LogP contribution >= 0.6 is 11.6 Å². The Balaban J connectivity index is 2.07. The lowest BCUT2D eigenvalue weighted by Crippen LogP contribution is -2.39. The number of carbonyl (C=O) groups is 1. The maximum atomic E-state index is 12.4. The SMILES string of the molecule is CNc1ccc(Cl)cc1C(=O)N(C)CC1CC(O)C1. The molecule has 0 atom stereocenters. The third-order valence-corrected chi connectivity index (χ3v) is 3.81. The topological polar surface area (TPSA) is 52.6 Å². The second-order valence-electron chi connectivity index (χ2n) is 5.12. The molecule has 5 heteroatoms. The van der Waals surface area contributed by atoms with Gasteiger partial charge in [-0.05, 0) is 37.0 Å². The number of benzene rings is 1. The van der Waals surface area contributed by atoms with E-state index in [2.05, 4.69) is 5.32 Å². The van der Waals surface area contributed by atoms with E-state index in [-0.39, 0.29) is 12.0 Å². The van der Waals surface area contributed by atoms with Crippen molar-refractivity contribution in [3.05, 3.63) is 28.8 Å². The molecule has 1 aliphatic rings. The molecule has 0 aliphatic heterocycles. The molecule has 0 aromatic heterocycles. The van der Waals surface area contributed by atoms with Crippen LogP contribution in [0, 0.1) is 5.92 Å². The van der Waals surface area contributed by atoms with Crippen molar-refractivity contribution in [2.75, 3.05) is 26.0 Å². The van der Waals surface area contributed by atoms with Crippen molar-refractivity contribution in [2.45, 2.75) is 18.9 Å². The van der Waals surface area contributed by atoms with E-state index in [1.807, 2.05) is 0 Å². The molecule has 0 spiro atoms. The van der Waals surface area contributed by atoms with Crippen molar-refractivity contribution in [1.82, 2.24) is 4.90 Å². The van der Waals surface area contributed by atoms with Crippen LogP contribution in [-0.2, 0) is 0 Å². The van der Waals surface area contributed by atoms with E-state index in [1.54, 1.807) is 37.2 Å². The van der Waals surface area contributed by atoms with Crippen molar-refractivity contribution in [3.8, 4) is 0 Å². The molecular formula is C14H19ClN2O2. The standard InChI is InChI=1S/C14H19ClN2O2/c1-16-13-4-3-10(15)7-12(13)14(19)17(2)8-9-5-11(18)6-9/h3-4,7,9,11,16,18H,5-6,8H2,1-2H3. The number of amides is 1. The zero-order valence-corrected chi connectivity index (χ0v) is 11.9. The molecule has 1 aliphatic carbocycles. The van der Waals surface area contributed by atoms with Crippen molar-refractivity contribution in [3.63, 3.8) is 0 Å². The van der Waals surface area contributed by atoms with Gasteiger partial charge in [-0.15, -0.1) is 0 Å². The van der Waals surface area contributed by atoms with Gasteiger partial charge in [-0.25, -0.2) is 0 Å². The number of hydrogen-bond acceptors (Lipinski definition) is 3. The summed E-state index contributed by atoms with van der Waals surface area (Å²) in [5.41, 5.74) is 1.35. The Kier molecular flexibility index (Phi) is 4.32. The van der Waals surface area contributed by atoms with Crippen molar-refractivity contribution in [2.24, 2.45) is 5.92 Å². The summed E-state index contributed by atoms with van der Waals surface area (Å²) in [6.07, 6.45) is 1.38. The predicted molar refractivity (Wildman–Crippen MR) is 76.7 cm³/mol. The lowest BCUT2D eigenvalue weighted by atomic mass is 9.82. The molecule has 4 nitrogen and oxygen atoms in total. The zero-order chi connectivity index (χ0) is 14.0. The molecule has 1 amide bonds. The van der Waals surface area contributed by atoms with Gasteiger partial charge < -0.3 is 15.3 Å². The van der Waals surface area contributed by atoms with Crippen molar-refractivity contribution < 1.29 is 9.90 Å². The van der Waals surface area contributed by atoms with Gasteiger partial charge in [0, 0.05) is 31.4 Å². The van der Waals surface area contributed by atoms with Gasteiger partial charge in [-0.3, -0.25) is 4.79 Å². The Labute approximate surface area is 118 Å². The number of carbonyl (C=O) groups excluding carboxylic acids is 1. The fourth-order valence-electron chi connectivity index (χ4n) is 2.44. The van der Waals surface area contributed by atoms with Crippen LogP contribution in [0.4, 0.5) is 5.69 Å². The van der Waals surface area contributed by atoms with Crippen LogP contribution in [0.25, 0.3) is 0 Å². The average molecular weight is 283 g/mol. The quantitative estimate of drug-likeness (QED) is 0.890. The highest BCUT2D eigenvalue weighted by Crippen LogP contribution is 2.28. The van der Waals surface area contributed by atoms with E-state index in [1.165, 1.54) is 0 Å². The van der Waals surface area contributed by atoms with Gasteiger partial charge in [-0.1, -0.05) is 11.6 Å². The predicted octanol–water partition coefficient (Wildman–Crippen LogP) is 2.22. The highest BCUT2D eigenvalue weighted by Gasteiger charge is 2.29. The molecule has 0 saturated heterocycles. The first-order valence-electron chi connectivity index (χ1n) is 6.42. The minimum Gasteiger partial charge on any atom is -0.393 e. The molecule has 0 heterocycles. The first kappa shape index (κ1) is 14.2. The Bertz CT molecular complexity index is 473. The highest BCUT2D eigenvalue weighted by molar-refractivity contribution is 6.31. The molecule has 2 rings (SSSR count). The molecular weight excluding hydrogens is 264 g/mol. The maximum absolute atomic E-state index is 12.4. The molecule has 2 N–H and O–H groups in total. The summed E-state index contributed by atoms with van der Waals surface area (Å²) >= 11 is 5.95. The largest absolute Gasteiger partial charge is 0.393 e. The first-order chi connectivity index (χ1) is 9.01. The van der Waals surface area contributed by atoms with Crippen LogP contribution < -0.4 is 5.32 Å². The van der Waals surface area contributed by atoms with Gasteiger partial charge in [0.1, 0.15) is 0 Å². The highest BCUT2D eigenvalue weighted by atomic mass is 35.5. The number of aliphatic hydroxyl groups excluding tert-OH is 1. The summed E-state index contributed by atoms with van der Waals surface area (Å²) in [6.45, 7) is 0.672. The van der Waals surface area contributed by atoms with E-state index in [0.29, 0.717) is 23.0 Å². The van der Waals surface area contributed by atoms with Crippen LogP contribution in [0.5, 0.6) is 0 Å². The average Bonchev–Trinajstić information content (AvgIpc) is 2.35. The summed E-state index contributed by atoms with van der Waals surface area (Å²) in [5, 5.41) is 12.8. The van der Waals surface area contributed by atoms with Gasteiger partial charge >= 0.3 is 0 Å². The molecule has 104 valence electrons. The van der Waals surface area contributed by atoms with Crippen molar-refractivity contribution >= 4 is 23.2 Å². The summed E-state index contributed by atoms with van der Waals surface area (Å²) in [6, 6.07) is 5.24. The second kappa shape index (κ2) is 5.80. The first-order valence-corrected chi connectivity index (χ1v) is 6.80. The van der Waals surface area contributed by atoms with Crippen LogP contribution in [0.1, 0.15) is 23.2 Å². The van der Waals surface area contributed by atoms with E-state index in [4.69, 9.17) is 11.6 Å². The molecule has 19 heavy (non-hydrogen) atoms. The maximum Gasteiger partial charge on any atom is 0.255 e. The third-order valence-electron chi connectivity index (χ3n) is 3.57. The Morgan fingerprint density at radius 3 is 2.79 bits per heavy atom. The Hall–Kier alpha value is -1.26. The fraction of sp³-hybridized carbons (Fsp3) is 0.500. The summed E-state index contributed by atoms with van der Waals surface area (Å²) < 4.78 is 0. The molecule has 1 aromatic rings. The van der Waals surface area contributed by atoms with Gasteiger partial charge in [-0.2, -0.15) is 0 Å². The number of anilines is 1. The molecule has 1 saturated carbocycles. The normalized spacial score (nSPS) is 21.7. The monoisotopic (exact) mass is 282 g/mol. The van der Waals surface area contributed by atoms with Gasteiger partial charge in [0.05, 0.1) is 11.7 Å². The minimum absolute atomic E-state index is 0.0479. The van der Waals surface area contributed by atoms with Crippen LogP contribution in [0.3, 0.4) is 0 Å². The molecule has 1 aromatic carbocycles. The van der Waals surface area contributed by atoms with Crippen LogP contribution in [-0.4, -0.2) is 42.7 Å². The lowest BCUT2D eigenvalue weighted by Gasteiger charge is -2.34. The molecule has 0 unspecified atom stereocenters. The number of aliphatic hydroxyl groups is 1. The molecule has 1 fully saturated rings. The minimum atomic E-state index is -0.187. The molecule has 0 radical (unpaired) electrons. The summed E-state index contributed by atoms with van der Waals surface area (Å²) in [7, 11) is 3.57. The third kappa shape index (κ3) is 3.19. The number of rotatable bonds is 4. The number of nitrogens with zero attached hydrogens (tertiary/aromatic N) is 1.